The molecule has 21 nitrogen and oxygen atoms in total. The minimum atomic E-state index is -1.17. The molecule has 0 spiro atoms. The number of imidazole rings is 1. The number of aromatic nitrogens is 3. The van der Waals surface area contributed by atoms with Crippen LogP contribution in [0.2, 0.25) is 0 Å². The SMILES string of the molecule is CCC(C)C(N)C(=O)O.NC(CCC(=O)O)C(=O)O.NC(Cc1c[nH]c2ccccc12)C(=O)O.NC(Cc1c[nH]cn1)C(=O)O.NC(Cc1ccc(O)cc1)C(=O)O. The van der Waals surface area contributed by atoms with Crippen molar-refractivity contribution >= 4 is 46.7 Å². The van der Waals surface area contributed by atoms with E-state index in [0.717, 1.165) is 28.5 Å². The average Bonchev–Trinajstić information content (AvgIpc) is 3.85. The van der Waals surface area contributed by atoms with Gasteiger partial charge in [-0.3, -0.25) is 28.8 Å². The number of aliphatic carboxylic acids is 6. The zero-order valence-electron chi connectivity index (χ0n) is 32.0. The molecule has 4 aromatic rings. The molecule has 0 radical (unpaired) electrons. The van der Waals surface area contributed by atoms with Gasteiger partial charge in [-0.15, -0.1) is 0 Å². The van der Waals surface area contributed by atoms with E-state index in [2.05, 4.69) is 15.0 Å². The van der Waals surface area contributed by atoms with E-state index in [-0.39, 0.29) is 37.4 Å². The number of nitrogens with zero attached hydrogens (tertiary/aromatic N) is 1. The number of benzene rings is 2. The van der Waals surface area contributed by atoms with E-state index in [1.807, 2.05) is 44.3 Å². The van der Waals surface area contributed by atoms with Crippen molar-refractivity contribution in [1.82, 2.24) is 15.0 Å². The molecule has 19 N–H and O–H groups in total. The van der Waals surface area contributed by atoms with Gasteiger partial charge in [0.15, 0.2) is 0 Å². The quantitative estimate of drug-likeness (QED) is 0.0733. The first kappa shape index (κ1) is 51.6. The molecule has 21 heteroatoms. The number of aromatic amines is 2. The molecule has 2 aromatic heterocycles. The maximum atomic E-state index is 10.6. The number of phenols is 1. The van der Waals surface area contributed by atoms with Crippen molar-refractivity contribution in [3.8, 4) is 5.75 Å². The summed E-state index contributed by atoms with van der Waals surface area (Å²) in [7, 11) is 0. The first-order valence-corrected chi connectivity index (χ1v) is 17.5. The molecule has 0 amide bonds. The molecule has 6 atom stereocenters. The first-order valence-electron chi connectivity index (χ1n) is 17.5. The van der Waals surface area contributed by atoms with Gasteiger partial charge >= 0.3 is 35.8 Å². The normalized spacial score (nSPS) is 13.3. The highest BCUT2D eigenvalue weighted by molar-refractivity contribution is 5.84. The summed E-state index contributed by atoms with van der Waals surface area (Å²) in [5.74, 6) is -5.88. The lowest BCUT2D eigenvalue weighted by Crippen LogP contribution is -2.36. The zero-order chi connectivity index (χ0) is 44.5. The fourth-order valence-corrected chi connectivity index (χ4v) is 4.21. The second-order valence-corrected chi connectivity index (χ2v) is 12.7. The molecule has 0 fully saturated rings. The number of nitrogens with one attached hydrogen (secondary N) is 2. The molecule has 2 aromatic carbocycles. The highest BCUT2D eigenvalue weighted by Gasteiger charge is 2.18. The lowest BCUT2D eigenvalue weighted by molar-refractivity contribution is -0.141. The number of phenolic OH excluding ortho intramolecular Hbond substituents is 1. The van der Waals surface area contributed by atoms with Crippen molar-refractivity contribution in [2.24, 2.45) is 34.6 Å². The smallest absolute Gasteiger partial charge is 0.320 e. The summed E-state index contributed by atoms with van der Waals surface area (Å²) in [6, 6.07) is 9.72. The van der Waals surface area contributed by atoms with E-state index in [1.165, 1.54) is 18.5 Å². The van der Waals surface area contributed by atoms with Crippen LogP contribution in [0.4, 0.5) is 0 Å². The summed E-state index contributed by atoms with van der Waals surface area (Å²) < 4.78 is 0. The van der Waals surface area contributed by atoms with Gasteiger partial charge in [-0.25, -0.2) is 4.98 Å². The summed E-state index contributed by atoms with van der Waals surface area (Å²) in [5.41, 5.74) is 29.8. The molecular formula is C37H54N8O13. The number of carbonyl (C=O) groups is 6. The maximum absolute atomic E-state index is 10.6. The monoisotopic (exact) mass is 818 g/mol. The van der Waals surface area contributed by atoms with Gasteiger partial charge in [-0.2, -0.15) is 0 Å². The Bertz CT molecular complexity index is 1850. The van der Waals surface area contributed by atoms with Crippen LogP contribution in [0.5, 0.6) is 5.75 Å². The van der Waals surface area contributed by atoms with Gasteiger partial charge in [0.2, 0.25) is 0 Å². The van der Waals surface area contributed by atoms with Crippen molar-refractivity contribution in [2.45, 2.75) is 82.6 Å². The zero-order valence-corrected chi connectivity index (χ0v) is 32.0. The molecule has 6 unspecified atom stereocenters. The maximum Gasteiger partial charge on any atom is 0.320 e. The van der Waals surface area contributed by atoms with Crippen LogP contribution in [-0.2, 0) is 48.0 Å². The Morgan fingerprint density at radius 2 is 1.19 bits per heavy atom. The lowest BCUT2D eigenvalue weighted by atomic mass is 10.0. The number of rotatable bonds is 16. The summed E-state index contributed by atoms with van der Waals surface area (Å²) in [5, 5.41) is 60.3. The number of hydrogen-bond donors (Lipinski definition) is 14. The molecule has 320 valence electrons. The second-order valence-electron chi connectivity index (χ2n) is 12.7. The molecule has 0 saturated heterocycles. The van der Waals surface area contributed by atoms with Gasteiger partial charge in [-0.05, 0) is 48.1 Å². The summed E-state index contributed by atoms with van der Waals surface area (Å²) in [4.78, 5) is 71.0. The van der Waals surface area contributed by atoms with Crippen molar-refractivity contribution in [2.75, 3.05) is 0 Å². The number of H-pyrrole nitrogens is 2. The number of carboxylic acids is 6. The Morgan fingerprint density at radius 1 is 0.672 bits per heavy atom. The fourth-order valence-electron chi connectivity index (χ4n) is 4.21. The molecule has 0 aliphatic heterocycles. The number of carboxylic acid groups (broad SMARTS) is 6. The first-order chi connectivity index (χ1) is 27.1. The number of para-hydroxylation sites is 1. The summed E-state index contributed by atoms with van der Waals surface area (Å²) >= 11 is 0. The Labute approximate surface area is 332 Å². The highest BCUT2D eigenvalue weighted by atomic mass is 16.4. The van der Waals surface area contributed by atoms with Crippen molar-refractivity contribution in [3.05, 3.63) is 84.1 Å². The van der Waals surface area contributed by atoms with Crippen LogP contribution in [0.15, 0.2) is 67.3 Å². The van der Waals surface area contributed by atoms with Gasteiger partial charge in [0.05, 0.1) is 12.0 Å². The average molecular weight is 819 g/mol. The molecular weight excluding hydrogens is 764 g/mol. The van der Waals surface area contributed by atoms with Crippen LogP contribution >= 0.6 is 0 Å². The highest BCUT2D eigenvalue weighted by Crippen LogP contribution is 2.18. The van der Waals surface area contributed by atoms with Gasteiger partial charge in [0.1, 0.15) is 36.0 Å². The predicted octanol–water partition coefficient (Wildman–Crippen LogP) is 0.541. The van der Waals surface area contributed by atoms with Gasteiger partial charge in [0, 0.05) is 42.6 Å². The topological polar surface area (TPSA) is 419 Å². The van der Waals surface area contributed by atoms with E-state index in [4.69, 9.17) is 64.4 Å². The third kappa shape index (κ3) is 21.6. The van der Waals surface area contributed by atoms with E-state index in [9.17, 15) is 28.8 Å². The minimum absolute atomic E-state index is 0.0231. The van der Waals surface area contributed by atoms with Crippen molar-refractivity contribution < 1.29 is 64.5 Å². The van der Waals surface area contributed by atoms with E-state index >= 15 is 0 Å². The Morgan fingerprint density at radius 3 is 1.64 bits per heavy atom. The molecule has 4 rings (SSSR count). The van der Waals surface area contributed by atoms with Crippen molar-refractivity contribution in [3.63, 3.8) is 0 Å². The fraction of sp³-hybridized carbons (Fsp3) is 0.378. The number of aromatic hydroxyl groups is 1. The lowest BCUT2D eigenvalue weighted by Gasteiger charge is -2.11. The predicted molar refractivity (Wildman–Crippen MR) is 210 cm³/mol. The second kappa shape index (κ2) is 27.2. The van der Waals surface area contributed by atoms with Gasteiger partial charge in [-0.1, -0.05) is 50.6 Å². The summed E-state index contributed by atoms with van der Waals surface area (Å²) in [6.07, 6.45) is 6.40. The van der Waals surface area contributed by atoms with Crippen LogP contribution in [0.3, 0.4) is 0 Å². The molecule has 58 heavy (non-hydrogen) atoms. The van der Waals surface area contributed by atoms with E-state index in [1.54, 1.807) is 18.3 Å². The Balaban J connectivity index is 0.000000710. The molecule has 0 bridgehead atoms. The van der Waals surface area contributed by atoms with E-state index in [0.29, 0.717) is 12.1 Å². The van der Waals surface area contributed by atoms with Crippen LogP contribution in [-0.4, -0.2) is 117 Å². The number of fused-ring (bicyclic) bond motifs is 1. The standard InChI is InChI=1S/C11H12N2O2.C9H11NO3.C6H9N3O2.C6H13NO2.C5H9NO4/c12-9(11(14)15)5-7-6-13-10-4-2-1-3-8(7)10;10-8(9(12)13)5-6-1-3-7(11)4-2-6;7-5(6(10)11)1-4-2-8-3-9-4;1-3-4(2)5(7)6(8)9;6-3(5(9)10)1-2-4(7)8/h1-4,6,9,13H,5,12H2,(H,14,15);1-4,8,11H,5,10H2,(H,12,13);2-3,5H,1,7H2,(H,8,9)(H,10,11);4-5H,3,7H2,1-2H3,(H,8,9);3H,1-2,6H2,(H,7,8)(H,9,10). The Kier molecular flexibility index (Phi) is 24.2. The Hall–Kier alpha value is -6.39. The molecule has 0 aliphatic carbocycles. The molecule has 0 aliphatic rings. The van der Waals surface area contributed by atoms with Crippen molar-refractivity contribution in [1.29, 1.82) is 0 Å². The third-order valence-electron chi connectivity index (χ3n) is 7.97. The number of hydrogen-bond acceptors (Lipinski definition) is 13. The van der Waals surface area contributed by atoms with Gasteiger partial charge in [0.25, 0.3) is 0 Å². The van der Waals surface area contributed by atoms with Crippen LogP contribution in [0, 0.1) is 5.92 Å². The minimum Gasteiger partial charge on any atom is -0.508 e. The number of nitrogens with two attached hydrogens (primary N) is 5. The largest absolute Gasteiger partial charge is 0.508 e. The third-order valence-corrected chi connectivity index (χ3v) is 7.97. The van der Waals surface area contributed by atoms with E-state index < -0.39 is 66.0 Å². The van der Waals surface area contributed by atoms with Crippen LogP contribution < -0.4 is 28.7 Å². The van der Waals surface area contributed by atoms with Gasteiger partial charge < -0.3 is 74.4 Å². The summed E-state index contributed by atoms with van der Waals surface area (Å²) in [6.45, 7) is 3.76. The molecule has 2 heterocycles. The van der Waals surface area contributed by atoms with Crippen LogP contribution in [0.25, 0.3) is 10.9 Å². The molecule has 0 saturated carbocycles. The van der Waals surface area contributed by atoms with Crippen LogP contribution in [0.1, 0.15) is 49.9 Å².